The van der Waals surface area contributed by atoms with Gasteiger partial charge in [0.25, 0.3) is 0 Å². The second kappa shape index (κ2) is 8.83. The third-order valence-corrected chi connectivity index (χ3v) is 4.55. The van der Waals surface area contributed by atoms with Gasteiger partial charge in [-0.05, 0) is 63.1 Å². The Kier molecular flexibility index (Phi) is 7.74. The molecule has 4 nitrogen and oxygen atoms in total. The van der Waals surface area contributed by atoms with Crippen LogP contribution in [0.5, 0.6) is 0 Å². The van der Waals surface area contributed by atoms with E-state index in [0.717, 1.165) is 43.6 Å². The van der Waals surface area contributed by atoms with E-state index >= 15 is 0 Å². The monoisotopic (exact) mass is 363 g/mol. The van der Waals surface area contributed by atoms with Gasteiger partial charge in [-0.15, -0.1) is 24.8 Å². The number of benzene rings is 1. The molecule has 2 heterocycles. The molecule has 1 saturated heterocycles. The fraction of sp³-hybridized carbons (Fsp3) is 0.562. The van der Waals surface area contributed by atoms with Crippen molar-refractivity contribution >= 4 is 36.4 Å². The first kappa shape index (κ1) is 20.2. The van der Waals surface area contributed by atoms with Gasteiger partial charge in [0.15, 0.2) is 0 Å². The van der Waals surface area contributed by atoms with Crippen LogP contribution in [0.15, 0.2) is 12.1 Å². The molecular formula is C16H24Cl2FN3O. The largest absolute Gasteiger partial charge is 0.323 e. The molecule has 23 heavy (non-hydrogen) atoms. The first-order valence-corrected chi connectivity index (χ1v) is 7.65. The maximum absolute atomic E-state index is 14.5. The lowest BCUT2D eigenvalue weighted by atomic mass is 9.95. The predicted octanol–water partition coefficient (Wildman–Crippen LogP) is 2.60. The second-order valence-electron chi connectivity index (χ2n) is 6.06. The summed E-state index contributed by atoms with van der Waals surface area (Å²) in [7, 11) is 2.06. The summed E-state index contributed by atoms with van der Waals surface area (Å²) in [4.78, 5) is 14.5. The molecule has 1 fully saturated rings. The Hall–Kier alpha value is -0.880. The molecule has 0 radical (unpaired) electrons. The van der Waals surface area contributed by atoms with Gasteiger partial charge < -0.3 is 15.5 Å². The molecule has 1 aromatic carbocycles. The average molecular weight is 364 g/mol. The highest BCUT2D eigenvalue weighted by Crippen LogP contribution is 2.26. The Morgan fingerprint density at radius 1 is 1.30 bits per heavy atom. The maximum atomic E-state index is 14.5. The van der Waals surface area contributed by atoms with E-state index in [1.54, 1.807) is 6.07 Å². The van der Waals surface area contributed by atoms with Gasteiger partial charge in [-0.25, -0.2) is 4.39 Å². The lowest BCUT2D eigenvalue weighted by Crippen LogP contribution is -2.36. The van der Waals surface area contributed by atoms with E-state index in [-0.39, 0.29) is 42.5 Å². The van der Waals surface area contributed by atoms with Gasteiger partial charge in [0.2, 0.25) is 5.91 Å². The van der Waals surface area contributed by atoms with E-state index < -0.39 is 0 Å². The molecule has 0 atom stereocenters. The summed E-state index contributed by atoms with van der Waals surface area (Å²) < 4.78 is 14.5. The highest BCUT2D eigenvalue weighted by molar-refractivity contribution is 5.93. The number of halogens is 3. The van der Waals surface area contributed by atoms with E-state index in [1.807, 2.05) is 6.07 Å². The van der Waals surface area contributed by atoms with E-state index in [9.17, 15) is 9.18 Å². The van der Waals surface area contributed by atoms with Gasteiger partial charge in [-0.1, -0.05) is 6.07 Å². The van der Waals surface area contributed by atoms with Crippen molar-refractivity contribution in [3.8, 4) is 0 Å². The van der Waals surface area contributed by atoms with E-state index in [1.165, 1.54) is 0 Å². The molecule has 2 aliphatic heterocycles. The first-order chi connectivity index (χ1) is 10.1. The molecule has 130 valence electrons. The van der Waals surface area contributed by atoms with Crippen molar-refractivity contribution in [1.82, 2.24) is 10.2 Å². The van der Waals surface area contributed by atoms with Crippen LogP contribution in [0, 0.1) is 11.7 Å². The van der Waals surface area contributed by atoms with Gasteiger partial charge in [0.05, 0.1) is 5.69 Å². The van der Waals surface area contributed by atoms with E-state index in [0.29, 0.717) is 18.7 Å². The number of hydrogen-bond donors (Lipinski definition) is 2. The summed E-state index contributed by atoms with van der Waals surface area (Å²) in [6.07, 6.45) is 2.37. The smallest absolute Gasteiger partial charge is 0.227 e. The number of fused-ring (bicyclic) bond motifs is 1. The molecule has 1 aromatic rings. The van der Waals surface area contributed by atoms with Crippen LogP contribution in [-0.2, 0) is 17.8 Å². The normalized spacial score (nSPS) is 18.3. The number of carbonyl (C=O) groups is 1. The molecule has 7 heteroatoms. The number of hydrogen-bond acceptors (Lipinski definition) is 3. The second-order valence-corrected chi connectivity index (χ2v) is 6.06. The third-order valence-electron chi connectivity index (χ3n) is 4.55. The fourth-order valence-electron chi connectivity index (χ4n) is 3.14. The molecule has 0 aromatic heterocycles. The van der Waals surface area contributed by atoms with Crippen LogP contribution in [0.4, 0.5) is 10.1 Å². The first-order valence-electron chi connectivity index (χ1n) is 7.65. The molecule has 0 saturated carbocycles. The minimum atomic E-state index is -0.254. The molecule has 0 aliphatic carbocycles. The molecular weight excluding hydrogens is 340 g/mol. The summed E-state index contributed by atoms with van der Waals surface area (Å²) in [5.41, 5.74) is 2.07. The summed E-state index contributed by atoms with van der Waals surface area (Å²) in [5, 5.41) is 6.02. The van der Waals surface area contributed by atoms with Crippen molar-refractivity contribution in [3.05, 3.63) is 29.1 Å². The van der Waals surface area contributed by atoms with Crippen molar-refractivity contribution < 1.29 is 9.18 Å². The highest BCUT2D eigenvalue weighted by atomic mass is 35.5. The number of piperidine rings is 1. The van der Waals surface area contributed by atoms with Gasteiger partial charge >= 0.3 is 0 Å². The predicted molar refractivity (Wildman–Crippen MR) is 95.2 cm³/mol. The van der Waals surface area contributed by atoms with Crippen LogP contribution in [0.25, 0.3) is 0 Å². The van der Waals surface area contributed by atoms with Gasteiger partial charge in [0, 0.05) is 12.5 Å². The number of nitrogens with zero attached hydrogens (tertiary/aromatic N) is 1. The number of amides is 1. The SMILES string of the molecule is CN1CCC(C(=O)Nc2ccc3c(c2F)CCNC3)CC1.Cl.Cl. The van der Waals surface area contributed by atoms with E-state index in [2.05, 4.69) is 22.6 Å². The number of rotatable bonds is 2. The number of carbonyl (C=O) groups excluding carboxylic acids is 1. The van der Waals surface area contributed by atoms with Crippen molar-refractivity contribution in [3.63, 3.8) is 0 Å². The third kappa shape index (κ3) is 4.57. The topological polar surface area (TPSA) is 44.4 Å². The van der Waals surface area contributed by atoms with Gasteiger partial charge in [-0.3, -0.25) is 4.79 Å². The highest BCUT2D eigenvalue weighted by Gasteiger charge is 2.25. The van der Waals surface area contributed by atoms with E-state index in [4.69, 9.17) is 0 Å². The molecule has 0 spiro atoms. The number of nitrogens with one attached hydrogen (secondary N) is 2. The Labute approximate surface area is 149 Å². The zero-order chi connectivity index (χ0) is 14.8. The lowest BCUT2D eigenvalue weighted by molar-refractivity contribution is -0.121. The Balaban J connectivity index is 0.00000132. The minimum absolute atomic E-state index is 0. The standard InChI is InChI=1S/C16H22FN3O.2ClH/c1-20-8-5-11(6-9-20)16(21)19-14-3-2-12-10-18-7-4-13(12)15(14)17;;/h2-3,11,18H,4-10H2,1H3,(H,19,21);2*1H. The van der Waals surface area contributed by atoms with Gasteiger partial charge in [0.1, 0.15) is 5.82 Å². The quantitative estimate of drug-likeness (QED) is 0.848. The van der Waals surface area contributed by atoms with Crippen LogP contribution in [-0.4, -0.2) is 37.5 Å². The van der Waals surface area contributed by atoms with Crippen LogP contribution >= 0.6 is 24.8 Å². The molecule has 0 unspecified atom stereocenters. The summed E-state index contributed by atoms with van der Waals surface area (Å²) in [5.74, 6) is -0.301. The maximum Gasteiger partial charge on any atom is 0.227 e. The van der Waals surface area contributed by atoms with Crippen LogP contribution < -0.4 is 10.6 Å². The van der Waals surface area contributed by atoms with Crippen LogP contribution in [0.1, 0.15) is 24.0 Å². The summed E-state index contributed by atoms with van der Waals surface area (Å²) in [6, 6.07) is 3.60. The molecule has 3 rings (SSSR count). The van der Waals surface area contributed by atoms with Crippen LogP contribution in [0.2, 0.25) is 0 Å². The zero-order valence-corrected chi connectivity index (χ0v) is 14.9. The summed E-state index contributed by atoms with van der Waals surface area (Å²) in [6.45, 7) is 3.35. The molecule has 2 aliphatic rings. The molecule has 0 bridgehead atoms. The van der Waals surface area contributed by atoms with Gasteiger partial charge in [-0.2, -0.15) is 0 Å². The molecule has 1 amide bonds. The number of likely N-dealkylation sites (tertiary alicyclic amines) is 1. The van der Waals surface area contributed by atoms with Crippen molar-refractivity contribution in [2.45, 2.75) is 25.8 Å². The minimum Gasteiger partial charge on any atom is -0.323 e. The average Bonchev–Trinajstić information content (AvgIpc) is 2.51. The number of anilines is 1. The Bertz CT molecular complexity index is 548. The van der Waals surface area contributed by atoms with Crippen molar-refractivity contribution in [1.29, 1.82) is 0 Å². The summed E-state index contributed by atoms with van der Waals surface area (Å²) >= 11 is 0. The van der Waals surface area contributed by atoms with Crippen LogP contribution in [0.3, 0.4) is 0 Å². The van der Waals surface area contributed by atoms with Crippen molar-refractivity contribution in [2.75, 3.05) is 32.0 Å². The lowest BCUT2D eigenvalue weighted by Gasteiger charge is -2.28. The molecule has 2 N–H and O–H groups in total. The van der Waals surface area contributed by atoms with Crippen molar-refractivity contribution in [2.24, 2.45) is 5.92 Å². The fourth-order valence-corrected chi connectivity index (χ4v) is 3.14. The Morgan fingerprint density at radius 3 is 2.70 bits per heavy atom. The Morgan fingerprint density at radius 2 is 2.00 bits per heavy atom. The zero-order valence-electron chi connectivity index (χ0n) is 13.2.